The Labute approximate surface area is 113 Å². The third-order valence-electron chi connectivity index (χ3n) is 3.58. The molecule has 0 N–H and O–H groups in total. The molecule has 0 spiro atoms. The standard InChI is InChI=1S/C16H18ClF/c1-16(8-3-2-4-9-16)10-7-13-5-6-14(12-17)15(18)11-13/h2-6,8,11H,7,9-10,12H2,1H3. The van der Waals surface area contributed by atoms with Crippen LogP contribution in [0.15, 0.2) is 42.5 Å². The molecule has 0 amide bonds. The highest BCUT2D eigenvalue weighted by Crippen LogP contribution is 2.32. The number of allylic oxidation sites excluding steroid dienone is 4. The van der Waals surface area contributed by atoms with Crippen LogP contribution in [0.25, 0.3) is 0 Å². The molecule has 0 radical (unpaired) electrons. The SMILES string of the molecule is CC1(CCc2ccc(CCl)c(F)c2)C=CC=CC1. The third kappa shape index (κ3) is 3.23. The van der Waals surface area contributed by atoms with Crippen LogP contribution in [0.1, 0.15) is 30.9 Å². The maximum atomic E-state index is 13.6. The quantitative estimate of drug-likeness (QED) is 0.670. The molecule has 2 rings (SSSR count). The molecule has 0 saturated carbocycles. The number of aryl methyl sites for hydroxylation is 1. The lowest BCUT2D eigenvalue weighted by Crippen LogP contribution is -2.14. The Kier molecular flexibility index (Phi) is 4.23. The largest absolute Gasteiger partial charge is 0.207 e. The van der Waals surface area contributed by atoms with E-state index in [9.17, 15) is 4.39 Å². The van der Waals surface area contributed by atoms with Gasteiger partial charge in [0.2, 0.25) is 0 Å². The summed E-state index contributed by atoms with van der Waals surface area (Å²) in [5, 5.41) is 0. The van der Waals surface area contributed by atoms with Crippen LogP contribution in [0, 0.1) is 11.2 Å². The fourth-order valence-electron chi connectivity index (χ4n) is 2.24. The molecular formula is C16H18ClF. The number of benzene rings is 1. The van der Waals surface area contributed by atoms with Crippen molar-refractivity contribution in [2.75, 3.05) is 0 Å². The van der Waals surface area contributed by atoms with E-state index in [4.69, 9.17) is 11.6 Å². The summed E-state index contributed by atoms with van der Waals surface area (Å²) in [7, 11) is 0. The third-order valence-corrected chi connectivity index (χ3v) is 3.86. The van der Waals surface area contributed by atoms with Gasteiger partial charge in [-0.05, 0) is 36.3 Å². The molecular weight excluding hydrogens is 247 g/mol. The monoisotopic (exact) mass is 264 g/mol. The Bertz CT molecular complexity index is 476. The van der Waals surface area contributed by atoms with Crippen molar-refractivity contribution in [2.45, 2.75) is 32.1 Å². The summed E-state index contributed by atoms with van der Waals surface area (Å²) in [5.74, 6) is 0.0453. The van der Waals surface area contributed by atoms with Gasteiger partial charge in [0.15, 0.2) is 0 Å². The Morgan fingerprint density at radius 3 is 2.78 bits per heavy atom. The van der Waals surface area contributed by atoms with Gasteiger partial charge < -0.3 is 0 Å². The summed E-state index contributed by atoms with van der Waals surface area (Å²) < 4.78 is 13.6. The summed E-state index contributed by atoms with van der Waals surface area (Å²) in [6.07, 6.45) is 11.6. The van der Waals surface area contributed by atoms with Crippen molar-refractivity contribution >= 4 is 11.6 Å². The van der Waals surface area contributed by atoms with Crippen molar-refractivity contribution in [3.05, 3.63) is 59.4 Å². The Hall–Kier alpha value is -1.08. The van der Waals surface area contributed by atoms with Gasteiger partial charge in [-0.1, -0.05) is 43.4 Å². The van der Waals surface area contributed by atoms with E-state index < -0.39 is 0 Å². The summed E-state index contributed by atoms with van der Waals surface area (Å²) in [5.41, 5.74) is 1.83. The summed E-state index contributed by atoms with van der Waals surface area (Å²) in [4.78, 5) is 0. The van der Waals surface area contributed by atoms with E-state index in [-0.39, 0.29) is 17.1 Å². The van der Waals surface area contributed by atoms with E-state index in [2.05, 4.69) is 31.2 Å². The lowest BCUT2D eigenvalue weighted by Gasteiger charge is -2.26. The van der Waals surface area contributed by atoms with E-state index in [1.807, 2.05) is 6.07 Å². The van der Waals surface area contributed by atoms with Crippen molar-refractivity contribution in [3.8, 4) is 0 Å². The fraction of sp³-hybridized carbons (Fsp3) is 0.375. The number of alkyl halides is 1. The highest BCUT2D eigenvalue weighted by Gasteiger charge is 2.20. The average molecular weight is 265 g/mol. The van der Waals surface area contributed by atoms with Crippen LogP contribution in [0.3, 0.4) is 0 Å². The van der Waals surface area contributed by atoms with Crippen molar-refractivity contribution in [2.24, 2.45) is 5.41 Å². The molecule has 0 aliphatic heterocycles. The molecule has 0 aromatic heterocycles. The molecule has 1 aromatic rings. The van der Waals surface area contributed by atoms with E-state index in [1.165, 1.54) is 0 Å². The van der Waals surface area contributed by atoms with E-state index >= 15 is 0 Å². The molecule has 0 nitrogen and oxygen atoms in total. The molecule has 0 heterocycles. The van der Waals surface area contributed by atoms with Crippen LogP contribution in [0.5, 0.6) is 0 Å². The van der Waals surface area contributed by atoms with Crippen LogP contribution < -0.4 is 0 Å². The molecule has 1 aliphatic carbocycles. The van der Waals surface area contributed by atoms with Gasteiger partial charge in [-0.15, -0.1) is 11.6 Å². The van der Waals surface area contributed by atoms with Gasteiger partial charge >= 0.3 is 0 Å². The van der Waals surface area contributed by atoms with Gasteiger partial charge in [0.25, 0.3) is 0 Å². The second-order valence-corrected chi connectivity index (χ2v) is 5.47. The zero-order valence-electron chi connectivity index (χ0n) is 10.6. The molecule has 1 aromatic carbocycles. The zero-order chi connectivity index (χ0) is 13.0. The van der Waals surface area contributed by atoms with Gasteiger partial charge in [-0.25, -0.2) is 4.39 Å². The minimum absolute atomic E-state index is 0.188. The second-order valence-electron chi connectivity index (χ2n) is 5.20. The first-order chi connectivity index (χ1) is 8.63. The molecule has 1 atom stereocenters. The zero-order valence-corrected chi connectivity index (χ0v) is 11.4. The minimum Gasteiger partial charge on any atom is -0.207 e. The second kappa shape index (κ2) is 5.71. The first-order valence-corrected chi connectivity index (χ1v) is 6.84. The van der Waals surface area contributed by atoms with Gasteiger partial charge in [-0.2, -0.15) is 0 Å². The highest BCUT2D eigenvalue weighted by molar-refractivity contribution is 6.17. The molecule has 1 unspecified atom stereocenters. The molecule has 96 valence electrons. The van der Waals surface area contributed by atoms with E-state index in [0.29, 0.717) is 5.56 Å². The number of rotatable bonds is 4. The molecule has 1 aliphatic rings. The van der Waals surface area contributed by atoms with Crippen molar-refractivity contribution in [3.63, 3.8) is 0 Å². The fourth-order valence-corrected chi connectivity index (χ4v) is 2.46. The van der Waals surface area contributed by atoms with Gasteiger partial charge in [0.05, 0.1) is 5.88 Å². The van der Waals surface area contributed by atoms with Crippen LogP contribution in [-0.4, -0.2) is 0 Å². The lowest BCUT2D eigenvalue weighted by atomic mass is 9.79. The first-order valence-electron chi connectivity index (χ1n) is 6.31. The first kappa shape index (κ1) is 13.4. The van der Waals surface area contributed by atoms with Gasteiger partial charge in [-0.3, -0.25) is 0 Å². The van der Waals surface area contributed by atoms with E-state index in [0.717, 1.165) is 24.8 Å². The van der Waals surface area contributed by atoms with Crippen LogP contribution in [0.4, 0.5) is 4.39 Å². The Morgan fingerprint density at radius 2 is 2.17 bits per heavy atom. The summed E-state index contributed by atoms with van der Waals surface area (Å²) in [6, 6.07) is 5.38. The molecule has 2 heteroatoms. The van der Waals surface area contributed by atoms with Crippen LogP contribution in [-0.2, 0) is 12.3 Å². The minimum atomic E-state index is -0.188. The van der Waals surface area contributed by atoms with Crippen molar-refractivity contribution in [1.82, 2.24) is 0 Å². The van der Waals surface area contributed by atoms with Gasteiger partial charge in [0.1, 0.15) is 5.82 Å². The number of halogens is 2. The topological polar surface area (TPSA) is 0 Å². The Balaban J connectivity index is 2.00. The molecule has 0 fully saturated rings. The summed E-state index contributed by atoms with van der Waals surface area (Å²) >= 11 is 5.65. The van der Waals surface area contributed by atoms with Crippen LogP contribution in [0.2, 0.25) is 0 Å². The van der Waals surface area contributed by atoms with Gasteiger partial charge in [0, 0.05) is 5.56 Å². The molecule has 18 heavy (non-hydrogen) atoms. The normalized spacial score (nSPS) is 22.4. The van der Waals surface area contributed by atoms with Crippen molar-refractivity contribution in [1.29, 1.82) is 0 Å². The van der Waals surface area contributed by atoms with E-state index in [1.54, 1.807) is 12.1 Å². The van der Waals surface area contributed by atoms with Crippen molar-refractivity contribution < 1.29 is 4.39 Å². The smallest absolute Gasteiger partial charge is 0.127 e. The van der Waals surface area contributed by atoms with Crippen LogP contribution >= 0.6 is 11.6 Å². The number of hydrogen-bond acceptors (Lipinski definition) is 0. The Morgan fingerprint density at radius 1 is 1.33 bits per heavy atom. The average Bonchev–Trinajstić information content (AvgIpc) is 2.38. The molecule has 0 saturated heterocycles. The number of hydrogen-bond donors (Lipinski definition) is 0. The predicted molar refractivity (Wildman–Crippen MR) is 75.3 cm³/mol. The highest BCUT2D eigenvalue weighted by atomic mass is 35.5. The molecule has 0 bridgehead atoms. The maximum Gasteiger partial charge on any atom is 0.127 e. The predicted octanol–water partition coefficient (Wildman–Crippen LogP) is 5.02. The maximum absolute atomic E-state index is 13.6. The summed E-state index contributed by atoms with van der Waals surface area (Å²) in [6.45, 7) is 2.25. The lowest BCUT2D eigenvalue weighted by molar-refractivity contribution is 0.393.